The van der Waals surface area contributed by atoms with Crippen molar-refractivity contribution in [3.63, 3.8) is 0 Å². The molecule has 2 aromatic heterocycles. The summed E-state index contributed by atoms with van der Waals surface area (Å²) in [7, 11) is 0. The minimum absolute atomic E-state index is 0.0879. The molecule has 2 aromatic rings. The van der Waals surface area contributed by atoms with Crippen molar-refractivity contribution in [3.05, 3.63) is 24.2 Å². The number of nitrogens with one attached hydrogen (secondary N) is 1. The zero-order chi connectivity index (χ0) is 15.5. The summed E-state index contributed by atoms with van der Waals surface area (Å²) in [6.45, 7) is 9.40. The molecule has 5 heteroatoms. The van der Waals surface area contributed by atoms with Crippen molar-refractivity contribution < 1.29 is 5.11 Å². The van der Waals surface area contributed by atoms with Gasteiger partial charge in [-0.2, -0.15) is 5.10 Å². The van der Waals surface area contributed by atoms with Crippen molar-refractivity contribution in [3.8, 4) is 0 Å². The average Bonchev–Trinajstić information content (AvgIpc) is 2.94. The second kappa shape index (κ2) is 6.43. The van der Waals surface area contributed by atoms with Gasteiger partial charge < -0.3 is 10.4 Å². The smallest absolute Gasteiger partial charge is 0.152 e. The molecule has 0 bridgehead atoms. The van der Waals surface area contributed by atoms with E-state index in [1.807, 2.05) is 10.7 Å². The van der Waals surface area contributed by atoms with Gasteiger partial charge in [-0.3, -0.25) is 0 Å². The quantitative estimate of drug-likeness (QED) is 0.822. The number of hydrogen-bond acceptors (Lipinski definition) is 4. The molecule has 0 atom stereocenters. The first-order valence-electron chi connectivity index (χ1n) is 7.74. The van der Waals surface area contributed by atoms with E-state index < -0.39 is 0 Å². The van der Waals surface area contributed by atoms with Crippen LogP contribution in [0.4, 0.5) is 5.82 Å². The number of anilines is 1. The summed E-state index contributed by atoms with van der Waals surface area (Å²) in [6.07, 6.45) is 5.50. The van der Waals surface area contributed by atoms with Crippen LogP contribution < -0.4 is 5.32 Å². The fraction of sp³-hybridized carbons (Fsp3) is 0.625. The van der Waals surface area contributed by atoms with E-state index in [0.29, 0.717) is 12.5 Å². The number of fused-ring (bicyclic) bond motifs is 1. The molecule has 0 fully saturated rings. The summed E-state index contributed by atoms with van der Waals surface area (Å²) >= 11 is 0. The lowest BCUT2D eigenvalue weighted by molar-refractivity contribution is 0.127. The van der Waals surface area contributed by atoms with E-state index in [1.54, 1.807) is 6.20 Å². The van der Waals surface area contributed by atoms with E-state index in [2.05, 4.69) is 49.2 Å². The molecule has 0 unspecified atom stereocenters. The molecular formula is C16H26N4O. The van der Waals surface area contributed by atoms with Gasteiger partial charge >= 0.3 is 0 Å². The second-order valence-electron chi connectivity index (χ2n) is 6.05. The Morgan fingerprint density at radius 3 is 2.62 bits per heavy atom. The molecule has 2 rings (SSSR count). The van der Waals surface area contributed by atoms with Crippen LogP contribution in [0.5, 0.6) is 0 Å². The zero-order valence-electron chi connectivity index (χ0n) is 13.4. The zero-order valence-corrected chi connectivity index (χ0v) is 13.4. The molecule has 0 aliphatic heterocycles. The Balaban J connectivity index is 2.26. The molecular weight excluding hydrogens is 264 g/mol. The van der Waals surface area contributed by atoms with Crippen LogP contribution in [-0.2, 0) is 0 Å². The predicted molar refractivity (Wildman–Crippen MR) is 85.7 cm³/mol. The lowest BCUT2D eigenvalue weighted by Crippen LogP contribution is -2.32. The Morgan fingerprint density at radius 2 is 2.05 bits per heavy atom. The van der Waals surface area contributed by atoms with Gasteiger partial charge in [0.25, 0.3) is 0 Å². The van der Waals surface area contributed by atoms with Gasteiger partial charge in [-0.15, -0.1) is 0 Å². The van der Waals surface area contributed by atoms with Crippen LogP contribution in [-0.4, -0.2) is 32.9 Å². The first-order valence-corrected chi connectivity index (χ1v) is 7.74. The van der Waals surface area contributed by atoms with Crippen molar-refractivity contribution in [2.24, 2.45) is 5.41 Å². The molecule has 5 nitrogen and oxygen atoms in total. The van der Waals surface area contributed by atoms with Crippen molar-refractivity contribution in [1.82, 2.24) is 14.6 Å². The van der Waals surface area contributed by atoms with Gasteiger partial charge in [-0.05, 0) is 24.8 Å². The summed E-state index contributed by atoms with van der Waals surface area (Å²) in [5, 5.41) is 17.6. The topological polar surface area (TPSA) is 62.5 Å². The average molecular weight is 290 g/mol. The maximum atomic E-state index is 9.67. The molecule has 21 heavy (non-hydrogen) atoms. The molecule has 2 N–H and O–H groups in total. The Labute approximate surface area is 126 Å². The highest BCUT2D eigenvalue weighted by Crippen LogP contribution is 2.27. The van der Waals surface area contributed by atoms with E-state index >= 15 is 0 Å². The van der Waals surface area contributed by atoms with Crippen LogP contribution in [0, 0.1) is 5.41 Å². The van der Waals surface area contributed by atoms with Crippen LogP contribution in [0.3, 0.4) is 0 Å². The Bertz CT molecular complexity index is 579. The van der Waals surface area contributed by atoms with Gasteiger partial charge in [-0.25, -0.2) is 9.50 Å². The van der Waals surface area contributed by atoms with Gasteiger partial charge in [0.1, 0.15) is 5.52 Å². The molecule has 116 valence electrons. The van der Waals surface area contributed by atoms with Gasteiger partial charge in [-0.1, -0.05) is 27.7 Å². The van der Waals surface area contributed by atoms with E-state index in [-0.39, 0.29) is 12.0 Å². The second-order valence-corrected chi connectivity index (χ2v) is 6.05. The van der Waals surface area contributed by atoms with Crippen LogP contribution in [0.25, 0.3) is 5.52 Å². The number of hydrogen-bond donors (Lipinski definition) is 2. The largest absolute Gasteiger partial charge is 0.396 e. The number of rotatable bonds is 7. The number of aromatic nitrogens is 3. The third-order valence-electron chi connectivity index (χ3n) is 4.47. The third-order valence-corrected chi connectivity index (χ3v) is 4.47. The van der Waals surface area contributed by atoms with E-state index in [4.69, 9.17) is 0 Å². The predicted octanol–water partition coefficient (Wildman–Crippen LogP) is 3.06. The summed E-state index contributed by atoms with van der Waals surface area (Å²) in [4.78, 5) is 4.43. The summed E-state index contributed by atoms with van der Waals surface area (Å²) in [6, 6.07) is 2.08. The van der Waals surface area contributed by atoms with Crippen LogP contribution in [0.15, 0.2) is 18.5 Å². The van der Waals surface area contributed by atoms with E-state index in [0.717, 1.165) is 29.9 Å². The molecule has 0 aliphatic carbocycles. The maximum absolute atomic E-state index is 9.67. The monoisotopic (exact) mass is 290 g/mol. The van der Waals surface area contributed by atoms with Crippen molar-refractivity contribution >= 4 is 11.3 Å². The highest BCUT2D eigenvalue weighted by atomic mass is 16.3. The molecule has 0 radical (unpaired) electrons. The third kappa shape index (κ3) is 3.18. The summed E-state index contributed by atoms with van der Waals surface area (Å²) < 4.78 is 1.86. The first-order chi connectivity index (χ1) is 10.0. The van der Waals surface area contributed by atoms with Gasteiger partial charge in [0.05, 0.1) is 12.3 Å². The summed E-state index contributed by atoms with van der Waals surface area (Å²) in [5.74, 6) is 1.22. The fourth-order valence-corrected chi connectivity index (χ4v) is 2.41. The molecule has 0 saturated carbocycles. The van der Waals surface area contributed by atoms with E-state index in [9.17, 15) is 5.11 Å². The Morgan fingerprint density at radius 1 is 1.33 bits per heavy atom. The highest BCUT2D eigenvalue weighted by molar-refractivity contribution is 5.68. The SMILES string of the molecule is CCC(CC)(CO)CNc1nccn2nc(C(C)C)cc12. The minimum Gasteiger partial charge on any atom is -0.396 e. The van der Waals surface area contributed by atoms with Crippen molar-refractivity contribution in [2.75, 3.05) is 18.5 Å². The number of nitrogens with zero attached hydrogens (tertiary/aromatic N) is 3. The maximum Gasteiger partial charge on any atom is 0.152 e. The lowest BCUT2D eigenvalue weighted by Gasteiger charge is -2.29. The highest BCUT2D eigenvalue weighted by Gasteiger charge is 2.25. The van der Waals surface area contributed by atoms with Crippen LogP contribution >= 0.6 is 0 Å². The first kappa shape index (κ1) is 15.8. The molecule has 0 saturated heterocycles. The normalized spacial score (nSPS) is 12.3. The molecule has 0 amide bonds. The standard InChI is InChI=1S/C16H26N4O/c1-5-16(6-2,11-21)10-18-15-14-9-13(12(3)4)19-20(14)8-7-17-15/h7-9,12,21H,5-6,10-11H2,1-4H3,(H,17,18). The molecule has 0 aliphatic rings. The lowest BCUT2D eigenvalue weighted by atomic mass is 9.83. The Kier molecular flexibility index (Phi) is 4.83. The molecule has 0 spiro atoms. The molecule has 2 heterocycles. The van der Waals surface area contributed by atoms with Crippen molar-refractivity contribution in [1.29, 1.82) is 0 Å². The van der Waals surface area contributed by atoms with Crippen molar-refractivity contribution in [2.45, 2.75) is 46.5 Å². The van der Waals surface area contributed by atoms with Gasteiger partial charge in [0.15, 0.2) is 5.82 Å². The van der Waals surface area contributed by atoms with Gasteiger partial charge in [0.2, 0.25) is 0 Å². The van der Waals surface area contributed by atoms with Crippen LogP contribution in [0.1, 0.15) is 52.1 Å². The van der Waals surface area contributed by atoms with Gasteiger partial charge in [0, 0.05) is 24.4 Å². The van der Waals surface area contributed by atoms with Crippen LogP contribution in [0.2, 0.25) is 0 Å². The Hall–Kier alpha value is -1.62. The fourth-order valence-electron chi connectivity index (χ4n) is 2.41. The summed E-state index contributed by atoms with van der Waals surface area (Å²) in [5.41, 5.74) is 1.96. The molecule has 0 aromatic carbocycles. The number of aliphatic hydroxyl groups is 1. The van der Waals surface area contributed by atoms with E-state index in [1.165, 1.54) is 0 Å². The number of aliphatic hydroxyl groups excluding tert-OH is 1. The minimum atomic E-state index is -0.0879.